The molecule has 0 saturated heterocycles. The van der Waals surface area contributed by atoms with Gasteiger partial charge in [0.25, 0.3) is 0 Å². The third-order valence-corrected chi connectivity index (χ3v) is 4.34. The summed E-state index contributed by atoms with van der Waals surface area (Å²) in [5, 5.41) is 0.889. The van der Waals surface area contributed by atoms with E-state index in [1.165, 1.54) is 0 Å². The Morgan fingerprint density at radius 1 is 1.04 bits per heavy atom. The standard InChI is InChI=1S/C20H16N2O/c1-13-5-3-6-15(11-13)20(23)19-14(2)17-7-4-10-22(17)18-8-9-21-12-16(18)19/h3-12H,1-2H3. The molecule has 3 heterocycles. The van der Waals surface area contributed by atoms with Crippen molar-refractivity contribution >= 4 is 22.2 Å². The molecule has 4 aromatic rings. The fourth-order valence-corrected chi connectivity index (χ4v) is 3.24. The van der Waals surface area contributed by atoms with Gasteiger partial charge < -0.3 is 4.40 Å². The van der Waals surface area contributed by atoms with Crippen LogP contribution in [0, 0.1) is 13.8 Å². The highest BCUT2D eigenvalue weighted by molar-refractivity contribution is 6.18. The fourth-order valence-electron chi connectivity index (χ4n) is 3.24. The molecule has 0 saturated carbocycles. The number of nitrogens with zero attached hydrogens (tertiary/aromatic N) is 2. The van der Waals surface area contributed by atoms with E-state index in [9.17, 15) is 4.79 Å². The first-order valence-corrected chi connectivity index (χ1v) is 7.61. The zero-order valence-corrected chi connectivity index (χ0v) is 13.1. The SMILES string of the molecule is Cc1cccc(C(=O)c2c(C)c3cccn3c3ccncc23)c1. The highest BCUT2D eigenvalue weighted by Gasteiger charge is 2.19. The Labute approximate surface area is 134 Å². The van der Waals surface area contributed by atoms with Crippen molar-refractivity contribution in [3.05, 3.63) is 83.3 Å². The molecule has 0 radical (unpaired) electrons. The van der Waals surface area contributed by atoms with Crippen molar-refractivity contribution in [2.45, 2.75) is 13.8 Å². The highest BCUT2D eigenvalue weighted by Crippen LogP contribution is 2.28. The van der Waals surface area contributed by atoms with Gasteiger partial charge in [0.1, 0.15) is 0 Å². The second kappa shape index (κ2) is 5.06. The quantitative estimate of drug-likeness (QED) is 0.516. The maximum Gasteiger partial charge on any atom is 0.194 e. The van der Waals surface area contributed by atoms with Crippen molar-refractivity contribution in [3.63, 3.8) is 0 Å². The van der Waals surface area contributed by atoms with Crippen molar-refractivity contribution in [2.24, 2.45) is 0 Å². The predicted octanol–water partition coefficient (Wildman–Crippen LogP) is 4.34. The molecule has 3 nitrogen and oxygen atoms in total. The first-order valence-electron chi connectivity index (χ1n) is 7.61. The Hall–Kier alpha value is -2.94. The van der Waals surface area contributed by atoms with E-state index in [1.54, 1.807) is 12.4 Å². The molecule has 3 heteroatoms. The van der Waals surface area contributed by atoms with Gasteiger partial charge in [-0.25, -0.2) is 0 Å². The van der Waals surface area contributed by atoms with Gasteiger partial charge in [0, 0.05) is 40.6 Å². The molecule has 0 bridgehead atoms. The summed E-state index contributed by atoms with van der Waals surface area (Å²) < 4.78 is 2.11. The molecule has 0 aliphatic heterocycles. The smallest absolute Gasteiger partial charge is 0.194 e. The summed E-state index contributed by atoms with van der Waals surface area (Å²) in [5.41, 5.74) is 5.59. The molecule has 0 atom stereocenters. The maximum atomic E-state index is 13.2. The summed E-state index contributed by atoms with van der Waals surface area (Å²) in [5.74, 6) is 0.0490. The normalized spacial score (nSPS) is 11.2. The minimum absolute atomic E-state index is 0.0490. The molecule has 0 aliphatic carbocycles. The summed E-state index contributed by atoms with van der Waals surface area (Å²) in [6.07, 6.45) is 5.56. The van der Waals surface area contributed by atoms with E-state index in [-0.39, 0.29) is 5.78 Å². The van der Waals surface area contributed by atoms with Crippen LogP contribution in [0.25, 0.3) is 16.4 Å². The van der Waals surface area contributed by atoms with Gasteiger partial charge in [0.2, 0.25) is 0 Å². The molecule has 0 aliphatic rings. The van der Waals surface area contributed by atoms with E-state index in [1.807, 2.05) is 62.5 Å². The van der Waals surface area contributed by atoms with Crippen LogP contribution in [0.5, 0.6) is 0 Å². The summed E-state index contributed by atoms with van der Waals surface area (Å²) in [6.45, 7) is 4.00. The van der Waals surface area contributed by atoms with Gasteiger partial charge in [0.05, 0.1) is 5.52 Å². The number of hydrogen-bond donors (Lipinski definition) is 0. The Bertz CT molecular complexity index is 1060. The molecule has 23 heavy (non-hydrogen) atoms. The minimum atomic E-state index is 0.0490. The van der Waals surface area contributed by atoms with Crippen molar-refractivity contribution in [2.75, 3.05) is 0 Å². The van der Waals surface area contributed by atoms with Gasteiger partial charge in [-0.2, -0.15) is 0 Å². The van der Waals surface area contributed by atoms with Crippen LogP contribution in [-0.4, -0.2) is 15.2 Å². The van der Waals surface area contributed by atoms with Crippen LogP contribution in [0.2, 0.25) is 0 Å². The van der Waals surface area contributed by atoms with E-state index < -0.39 is 0 Å². The predicted molar refractivity (Wildman–Crippen MR) is 92.0 cm³/mol. The van der Waals surface area contributed by atoms with E-state index in [2.05, 4.69) is 9.38 Å². The number of carbonyl (C=O) groups excluding carboxylic acids is 1. The van der Waals surface area contributed by atoms with Gasteiger partial charge in [-0.1, -0.05) is 23.8 Å². The number of aromatic nitrogens is 2. The van der Waals surface area contributed by atoms with Gasteiger partial charge in [-0.3, -0.25) is 9.78 Å². The fraction of sp³-hybridized carbons (Fsp3) is 0.100. The lowest BCUT2D eigenvalue weighted by Crippen LogP contribution is -2.07. The Morgan fingerprint density at radius 2 is 1.91 bits per heavy atom. The summed E-state index contributed by atoms with van der Waals surface area (Å²) >= 11 is 0. The number of benzene rings is 1. The first-order chi connectivity index (χ1) is 11.2. The van der Waals surface area contributed by atoms with E-state index in [0.29, 0.717) is 5.56 Å². The maximum absolute atomic E-state index is 13.2. The van der Waals surface area contributed by atoms with E-state index >= 15 is 0 Å². The summed E-state index contributed by atoms with van der Waals surface area (Å²) in [7, 11) is 0. The number of fused-ring (bicyclic) bond motifs is 3. The number of pyridine rings is 2. The Kier molecular flexibility index (Phi) is 3.01. The van der Waals surface area contributed by atoms with Crippen LogP contribution >= 0.6 is 0 Å². The zero-order valence-electron chi connectivity index (χ0n) is 13.1. The van der Waals surface area contributed by atoms with Crippen LogP contribution < -0.4 is 0 Å². The Morgan fingerprint density at radius 3 is 2.74 bits per heavy atom. The molecule has 4 rings (SSSR count). The second-order valence-corrected chi connectivity index (χ2v) is 5.85. The number of hydrogen-bond acceptors (Lipinski definition) is 2. The third-order valence-electron chi connectivity index (χ3n) is 4.34. The number of aryl methyl sites for hydroxylation is 2. The number of ketones is 1. The molecule has 0 N–H and O–H groups in total. The number of carbonyl (C=O) groups is 1. The molecule has 3 aromatic heterocycles. The molecule has 112 valence electrons. The van der Waals surface area contributed by atoms with Crippen molar-refractivity contribution in [1.29, 1.82) is 0 Å². The molecule has 0 unspecified atom stereocenters. The van der Waals surface area contributed by atoms with Crippen LogP contribution in [0.4, 0.5) is 0 Å². The molecule has 0 spiro atoms. The lowest BCUT2D eigenvalue weighted by Gasteiger charge is -2.13. The minimum Gasteiger partial charge on any atom is -0.316 e. The van der Waals surface area contributed by atoms with Gasteiger partial charge in [-0.15, -0.1) is 0 Å². The van der Waals surface area contributed by atoms with Crippen molar-refractivity contribution in [3.8, 4) is 0 Å². The average Bonchev–Trinajstić information content (AvgIpc) is 3.05. The van der Waals surface area contributed by atoms with Crippen molar-refractivity contribution in [1.82, 2.24) is 9.38 Å². The van der Waals surface area contributed by atoms with Gasteiger partial charge in [0.15, 0.2) is 5.78 Å². The van der Waals surface area contributed by atoms with E-state index in [0.717, 1.165) is 33.1 Å². The molecular weight excluding hydrogens is 284 g/mol. The zero-order chi connectivity index (χ0) is 16.0. The number of rotatable bonds is 2. The lowest BCUT2D eigenvalue weighted by atomic mass is 9.95. The average molecular weight is 300 g/mol. The monoisotopic (exact) mass is 300 g/mol. The summed E-state index contributed by atoms with van der Waals surface area (Å²) in [4.78, 5) is 17.4. The highest BCUT2D eigenvalue weighted by atomic mass is 16.1. The van der Waals surface area contributed by atoms with Crippen LogP contribution in [-0.2, 0) is 0 Å². The van der Waals surface area contributed by atoms with Crippen LogP contribution in [0.15, 0.2) is 61.1 Å². The largest absolute Gasteiger partial charge is 0.316 e. The molecular formula is C20H16N2O. The second-order valence-electron chi connectivity index (χ2n) is 5.85. The molecule has 0 fully saturated rings. The molecule has 0 amide bonds. The van der Waals surface area contributed by atoms with E-state index in [4.69, 9.17) is 0 Å². The topological polar surface area (TPSA) is 34.4 Å². The Balaban J connectivity index is 2.08. The summed E-state index contributed by atoms with van der Waals surface area (Å²) in [6, 6.07) is 13.7. The third kappa shape index (κ3) is 2.05. The van der Waals surface area contributed by atoms with Crippen molar-refractivity contribution < 1.29 is 4.79 Å². The van der Waals surface area contributed by atoms with Gasteiger partial charge >= 0.3 is 0 Å². The first kappa shape index (κ1) is 13.7. The van der Waals surface area contributed by atoms with Gasteiger partial charge in [-0.05, 0) is 43.7 Å². The van der Waals surface area contributed by atoms with Crippen LogP contribution in [0.1, 0.15) is 27.0 Å². The molecule has 1 aromatic carbocycles. The lowest BCUT2D eigenvalue weighted by molar-refractivity contribution is 0.103. The van der Waals surface area contributed by atoms with Crippen LogP contribution in [0.3, 0.4) is 0 Å².